The summed E-state index contributed by atoms with van der Waals surface area (Å²) < 4.78 is 3.41. The Bertz CT molecular complexity index is 989. The number of benzene rings is 1. The molecule has 1 N–H and O–H groups in total. The van der Waals surface area contributed by atoms with Crippen LogP contribution < -0.4 is 5.69 Å². The minimum absolute atomic E-state index is 0.0180. The normalized spacial score (nSPS) is 17.2. The maximum Gasteiger partial charge on any atom is 0.343 e. The van der Waals surface area contributed by atoms with Crippen molar-refractivity contribution >= 4 is 5.91 Å². The summed E-state index contributed by atoms with van der Waals surface area (Å²) in [5, 5.41) is 14.3. The minimum atomic E-state index is -0.197. The van der Waals surface area contributed by atoms with E-state index in [0.29, 0.717) is 25.2 Å². The SMILES string of the molecule is CCn1c([C@H]2CCCN(C(=O)c3cccc(-n4cnnc4)c3)C2)n[nH]c1=O. The van der Waals surface area contributed by atoms with Crippen LogP contribution in [0.5, 0.6) is 0 Å². The molecule has 1 aliphatic rings. The van der Waals surface area contributed by atoms with Crippen molar-refractivity contribution in [3.05, 3.63) is 58.8 Å². The monoisotopic (exact) mass is 367 g/mol. The first-order valence-electron chi connectivity index (χ1n) is 9.07. The van der Waals surface area contributed by atoms with Crippen molar-refractivity contribution in [3.63, 3.8) is 0 Å². The predicted octanol–water partition coefficient (Wildman–Crippen LogP) is 1.19. The highest BCUT2D eigenvalue weighted by Crippen LogP contribution is 2.26. The quantitative estimate of drug-likeness (QED) is 0.746. The number of hydrogen-bond donors (Lipinski definition) is 1. The van der Waals surface area contributed by atoms with E-state index in [9.17, 15) is 9.59 Å². The largest absolute Gasteiger partial charge is 0.343 e. The fraction of sp³-hybridized carbons (Fsp3) is 0.389. The van der Waals surface area contributed by atoms with E-state index in [0.717, 1.165) is 24.4 Å². The molecule has 140 valence electrons. The van der Waals surface area contributed by atoms with Crippen molar-refractivity contribution in [3.8, 4) is 5.69 Å². The van der Waals surface area contributed by atoms with Gasteiger partial charge in [0.15, 0.2) is 0 Å². The zero-order valence-electron chi connectivity index (χ0n) is 15.1. The van der Waals surface area contributed by atoms with Gasteiger partial charge in [0.1, 0.15) is 18.5 Å². The van der Waals surface area contributed by atoms with Gasteiger partial charge in [0.05, 0.1) is 0 Å². The number of nitrogens with one attached hydrogen (secondary N) is 1. The maximum absolute atomic E-state index is 13.0. The fourth-order valence-electron chi connectivity index (χ4n) is 3.64. The lowest BCUT2D eigenvalue weighted by atomic mass is 9.96. The van der Waals surface area contributed by atoms with Gasteiger partial charge in [0.25, 0.3) is 5.91 Å². The van der Waals surface area contributed by atoms with Crippen LogP contribution in [0.1, 0.15) is 41.9 Å². The van der Waals surface area contributed by atoms with Crippen LogP contribution in [0.15, 0.2) is 41.7 Å². The standard InChI is InChI=1S/C18H21N7O2/c1-2-25-16(21-22-18(25)27)14-6-4-8-23(10-14)17(26)13-5-3-7-15(9-13)24-11-19-20-12-24/h3,5,7,9,11-12,14H,2,4,6,8,10H2,1H3,(H,22,27)/t14-/m0/s1. The molecular formula is C18H21N7O2. The molecule has 27 heavy (non-hydrogen) atoms. The predicted molar refractivity (Wildman–Crippen MR) is 97.8 cm³/mol. The third-order valence-electron chi connectivity index (χ3n) is 4.99. The molecule has 2 aromatic heterocycles. The van der Waals surface area contributed by atoms with Gasteiger partial charge in [-0.2, -0.15) is 5.10 Å². The van der Waals surface area contributed by atoms with Crippen LogP contribution in [0.2, 0.25) is 0 Å². The number of nitrogens with zero attached hydrogens (tertiary/aromatic N) is 6. The van der Waals surface area contributed by atoms with Gasteiger partial charge in [-0.1, -0.05) is 6.07 Å². The summed E-state index contributed by atoms with van der Waals surface area (Å²) in [4.78, 5) is 26.7. The van der Waals surface area contributed by atoms with Gasteiger partial charge in [-0.25, -0.2) is 9.89 Å². The van der Waals surface area contributed by atoms with E-state index in [2.05, 4.69) is 20.4 Å². The smallest absolute Gasteiger partial charge is 0.338 e. The number of carbonyl (C=O) groups is 1. The molecule has 9 nitrogen and oxygen atoms in total. The first-order valence-corrected chi connectivity index (χ1v) is 9.07. The Morgan fingerprint density at radius 3 is 2.89 bits per heavy atom. The number of aromatic nitrogens is 6. The minimum Gasteiger partial charge on any atom is -0.338 e. The molecular weight excluding hydrogens is 346 g/mol. The molecule has 4 rings (SSSR count). The number of carbonyl (C=O) groups excluding carboxylic acids is 1. The highest BCUT2D eigenvalue weighted by atomic mass is 16.2. The zero-order chi connectivity index (χ0) is 18.8. The second kappa shape index (κ2) is 7.18. The Balaban J connectivity index is 1.55. The van der Waals surface area contributed by atoms with E-state index in [-0.39, 0.29) is 17.5 Å². The molecule has 0 bridgehead atoms. The van der Waals surface area contributed by atoms with E-state index in [1.54, 1.807) is 21.8 Å². The number of likely N-dealkylation sites (tertiary alicyclic amines) is 1. The molecule has 0 saturated carbocycles. The number of rotatable bonds is 4. The first-order chi connectivity index (χ1) is 13.2. The van der Waals surface area contributed by atoms with Crippen molar-refractivity contribution in [1.82, 2.24) is 34.4 Å². The molecule has 0 unspecified atom stereocenters. The average molecular weight is 367 g/mol. The van der Waals surface area contributed by atoms with Gasteiger partial charge in [-0.05, 0) is 38.0 Å². The van der Waals surface area contributed by atoms with Crippen LogP contribution in [0.3, 0.4) is 0 Å². The molecule has 3 heterocycles. The summed E-state index contributed by atoms with van der Waals surface area (Å²) in [6, 6.07) is 7.41. The van der Waals surface area contributed by atoms with Gasteiger partial charge >= 0.3 is 5.69 Å². The van der Waals surface area contributed by atoms with Gasteiger partial charge in [-0.3, -0.25) is 13.9 Å². The Labute approximate surface area is 155 Å². The second-order valence-corrected chi connectivity index (χ2v) is 6.64. The summed E-state index contributed by atoms with van der Waals surface area (Å²) in [5.41, 5.74) is 1.26. The average Bonchev–Trinajstić information content (AvgIpc) is 3.37. The van der Waals surface area contributed by atoms with E-state index >= 15 is 0 Å². The van der Waals surface area contributed by atoms with Crippen LogP contribution in [0.4, 0.5) is 0 Å². The Morgan fingerprint density at radius 2 is 2.11 bits per heavy atom. The Hall–Kier alpha value is -3.23. The molecule has 1 fully saturated rings. The van der Waals surface area contributed by atoms with Crippen molar-refractivity contribution in [2.24, 2.45) is 0 Å². The van der Waals surface area contributed by atoms with Crippen LogP contribution in [0.25, 0.3) is 5.69 Å². The summed E-state index contributed by atoms with van der Waals surface area (Å²) in [7, 11) is 0. The van der Waals surface area contributed by atoms with Crippen molar-refractivity contribution in [2.45, 2.75) is 32.2 Å². The molecule has 1 aliphatic heterocycles. The molecule has 0 aliphatic carbocycles. The highest BCUT2D eigenvalue weighted by molar-refractivity contribution is 5.94. The number of piperidine rings is 1. The summed E-state index contributed by atoms with van der Waals surface area (Å²) in [5.74, 6) is 0.774. The van der Waals surface area contributed by atoms with Crippen LogP contribution >= 0.6 is 0 Å². The summed E-state index contributed by atoms with van der Waals surface area (Å²) in [6.07, 6.45) is 4.99. The Morgan fingerprint density at radius 1 is 1.30 bits per heavy atom. The number of aromatic amines is 1. The third-order valence-corrected chi connectivity index (χ3v) is 4.99. The van der Waals surface area contributed by atoms with Crippen molar-refractivity contribution < 1.29 is 4.79 Å². The van der Waals surface area contributed by atoms with E-state index < -0.39 is 0 Å². The van der Waals surface area contributed by atoms with E-state index in [4.69, 9.17) is 0 Å². The van der Waals surface area contributed by atoms with Gasteiger partial charge in [0, 0.05) is 36.8 Å². The third kappa shape index (κ3) is 3.27. The molecule has 0 spiro atoms. The van der Waals surface area contributed by atoms with E-state index in [1.807, 2.05) is 36.1 Å². The Kier molecular flexibility index (Phi) is 4.57. The van der Waals surface area contributed by atoms with Crippen LogP contribution in [-0.2, 0) is 6.54 Å². The van der Waals surface area contributed by atoms with E-state index in [1.165, 1.54) is 0 Å². The molecule has 1 atom stereocenters. The first kappa shape index (κ1) is 17.2. The van der Waals surface area contributed by atoms with Gasteiger partial charge in [-0.15, -0.1) is 10.2 Å². The maximum atomic E-state index is 13.0. The number of amides is 1. The lowest BCUT2D eigenvalue weighted by Gasteiger charge is -2.32. The molecule has 0 radical (unpaired) electrons. The zero-order valence-corrected chi connectivity index (χ0v) is 15.1. The second-order valence-electron chi connectivity index (χ2n) is 6.64. The number of hydrogen-bond acceptors (Lipinski definition) is 5. The summed E-state index contributed by atoms with van der Waals surface area (Å²) >= 11 is 0. The van der Waals surface area contributed by atoms with Gasteiger partial charge < -0.3 is 4.90 Å². The molecule has 1 aromatic carbocycles. The number of H-pyrrole nitrogens is 1. The molecule has 1 amide bonds. The molecule has 9 heteroatoms. The molecule has 1 saturated heterocycles. The lowest BCUT2D eigenvalue weighted by Crippen LogP contribution is -2.40. The van der Waals surface area contributed by atoms with Crippen LogP contribution in [0, 0.1) is 0 Å². The fourth-order valence-corrected chi connectivity index (χ4v) is 3.64. The van der Waals surface area contributed by atoms with Crippen molar-refractivity contribution in [1.29, 1.82) is 0 Å². The topological polar surface area (TPSA) is 102 Å². The van der Waals surface area contributed by atoms with Crippen LogP contribution in [-0.4, -0.2) is 53.4 Å². The van der Waals surface area contributed by atoms with Gasteiger partial charge in [0.2, 0.25) is 0 Å². The molecule has 3 aromatic rings. The lowest BCUT2D eigenvalue weighted by molar-refractivity contribution is 0.0703. The van der Waals surface area contributed by atoms with Crippen molar-refractivity contribution in [2.75, 3.05) is 13.1 Å². The summed E-state index contributed by atoms with van der Waals surface area (Å²) in [6.45, 7) is 3.74. The highest BCUT2D eigenvalue weighted by Gasteiger charge is 2.29.